The van der Waals surface area contributed by atoms with Crippen LogP contribution < -0.4 is 5.56 Å². The number of amides is 1. The van der Waals surface area contributed by atoms with Crippen molar-refractivity contribution in [1.82, 2.24) is 19.3 Å². The van der Waals surface area contributed by atoms with Crippen molar-refractivity contribution in [3.05, 3.63) is 62.1 Å². The van der Waals surface area contributed by atoms with Crippen molar-refractivity contribution < 1.29 is 4.79 Å². The normalized spacial score (nSPS) is 12.3. The molecule has 0 fully saturated rings. The maximum absolute atomic E-state index is 12.8. The Morgan fingerprint density at radius 2 is 2.08 bits per heavy atom. The maximum Gasteiger partial charge on any atom is 0.270 e. The molecule has 0 saturated carbocycles. The van der Waals surface area contributed by atoms with Crippen molar-refractivity contribution in [2.24, 2.45) is 0 Å². The number of hydrogen-bond donors (Lipinski definition) is 0. The number of carbonyl (C=O) groups excluding carboxylic acids is 1. The van der Waals surface area contributed by atoms with E-state index in [0.29, 0.717) is 5.65 Å². The van der Waals surface area contributed by atoms with Crippen LogP contribution in [0.4, 0.5) is 0 Å². The van der Waals surface area contributed by atoms with Gasteiger partial charge in [-0.05, 0) is 32.9 Å². The molecule has 0 aliphatic carbocycles. The number of aryl methyl sites for hydroxylation is 2. The van der Waals surface area contributed by atoms with Crippen LogP contribution in [0.5, 0.6) is 0 Å². The maximum atomic E-state index is 12.8. The minimum atomic E-state index is -0.365. The highest BCUT2D eigenvalue weighted by Gasteiger charge is 2.25. The fourth-order valence-electron chi connectivity index (χ4n) is 2.66. The van der Waals surface area contributed by atoms with Crippen molar-refractivity contribution in [2.45, 2.75) is 26.8 Å². The molecule has 1 amide bonds. The Labute approximate surface area is 143 Å². The quantitative estimate of drug-likeness (QED) is 0.734. The molecular formula is C17H18N4O2S. The lowest BCUT2D eigenvalue weighted by molar-refractivity contribution is 0.0737. The third-order valence-corrected chi connectivity index (χ3v) is 4.98. The number of rotatable bonds is 3. The molecule has 0 spiro atoms. The van der Waals surface area contributed by atoms with Crippen molar-refractivity contribution in [1.29, 1.82) is 0 Å². The van der Waals surface area contributed by atoms with Gasteiger partial charge in [-0.15, -0.1) is 11.3 Å². The lowest BCUT2D eigenvalue weighted by Gasteiger charge is -2.24. The standard InChI is InChI=1S/C17H18N4O2S/c1-10(15-11(2)24-12(3)19-15)20(4)16(22)13-9-18-14-7-5-6-8-21(14)17(13)23/h5-10H,1-4H3/t10-/m1/s1. The third-order valence-electron chi connectivity index (χ3n) is 4.08. The molecule has 0 aliphatic rings. The van der Waals surface area contributed by atoms with Gasteiger partial charge in [-0.2, -0.15) is 0 Å². The number of nitrogens with zero attached hydrogens (tertiary/aromatic N) is 4. The van der Waals surface area contributed by atoms with Crippen LogP contribution in [0.1, 0.15) is 38.9 Å². The lowest BCUT2D eigenvalue weighted by atomic mass is 10.1. The first-order valence-corrected chi connectivity index (χ1v) is 8.39. The third kappa shape index (κ3) is 2.71. The largest absolute Gasteiger partial charge is 0.333 e. The summed E-state index contributed by atoms with van der Waals surface area (Å²) in [7, 11) is 1.68. The van der Waals surface area contributed by atoms with Crippen LogP contribution in [0.3, 0.4) is 0 Å². The van der Waals surface area contributed by atoms with E-state index < -0.39 is 0 Å². The Bertz CT molecular complexity index is 976. The van der Waals surface area contributed by atoms with Gasteiger partial charge < -0.3 is 4.90 Å². The van der Waals surface area contributed by atoms with E-state index in [4.69, 9.17) is 0 Å². The molecule has 0 saturated heterocycles. The molecule has 0 N–H and O–H groups in total. The first kappa shape index (κ1) is 16.3. The highest BCUT2D eigenvalue weighted by molar-refractivity contribution is 7.11. The summed E-state index contributed by atoms with van der Waals surface area (Å²) in [6.45, 7) is 5.84. The first-order valence-electron chi connectivity index (χ1n) is 7.57. The number of carbonyl (C=O) groups is 1. The van der Waals surface area contributed by atoms with Crippen LogP contribution in [0.15, 0.2) is 35.4 Å². The minimum Gasteiger partial charge on any atom is -0.333 e. The average molecular weight is 342 g/mol. The summed E-state index contributed by atoms with van der Waals surface area (Å²) >= 11 is 1.60. The first-order chi connectivity index (χ1) is 11.4. The molecule has 0 aliphatic heterocycles. The van der Waals surface area contributed by atoms with Gasteiger partial charge in [0.2, 0.25) is 0 Å². The molecule has 124 valence electrons. The average Bonchev–Trinajstić information content (AvgIpc) is 2.92. The van der Waals surface area contributed by atoms with Crippen LogP contribution in [0.2, 0.25) is 0 Å². The summed E-state index contributed by atoms with van der Waals surface area (Å²) in [6, 6.07) is 5.03. The van der Waals surface area contributed by atoms with Crippen LogP contribution in [-0.2, 0) is 0 Å². The van der Waals surface area contributed by atoms with Crippen molar-refractivity contribution in [3.63, 3.8) is 0 Å². The van der Waals surface area contributed by atoms with Gasteiger partial charge in [-0.25, -0.2) is 9.97 Å². The highest BCUT2D eigenvalue weighted by Crippen LogP contribution is 2.26. The zero-order valence-corrected chi connectivity index (χ0v) is 14.8. The molecule has 7 heteroatoms. The van der Waals surface area contributed by atoms with Crippen molar-refractivity contribution in [2.75, 3.05) is 7.05 Å². The molecule has 0 unspecified atom stereocenters. The van der Waals surface area contributed by atoms with E-state index in [1.54, 1.807) is 42.8 Å². The van der Waals surface area contributed by atoms with Gasteiger partial charge in [0.05, 0.1) is 16.7 Å². The topological polar surface area (TPSA) is 67.6 Å². The number of fused-ring (bicyclic) bond motifs is 1. The van der Waals surface area contributed by atoms with Gasteiger partial charge in [0.25, 0.3) is 11.5 Å². The number of aromatic nitrogens is 3. The van der Waals surface area contributed by atoms with E-state index in [-0.39, 0.29) is 23.1 Å². The predicted molar refractivity (Wildman–Crippen MR) is 93.6 cm³/mol. The Hall–Kier alpha value is -2.54. The Balaban J connectivity index is 1.98. The molecule has 0 bridgehead atoms. The van der Waals surface area contributed by atoms with Crippen LogP contribution in [-0.4, -0.2) is 32.2 Å². The summed E-state index contributed by atoms with van der Waals surface area (Å²) in [5.41, 5.74) is 1.07. The molecule has 3 aromatic rings. The fourth-order valence-corrected chi connectivity index (χ4v) is 3.56. The number of pyridine rings is 1. The lowest BCUT2D eigenvalue weighted by Crippen LogP contribution is -2.35. The second-order valence-electron chi connectivity index (χ2n) is 5.67. The highest BCUT2D eigenvalue weighted by atomic mass is 32.1. The summed E-state index contributed by atoms with van der Waals surface area (Å²) in [4.78, 5) is 36.7. The molecule has 24 heavy (non-hydrogen) atoms. The number of hydrogen-bond acceptors (Lipinski definition) is 5. The van der Waals surface area contributed by atoms with Crippen LogP contribution in [0.25, 0.3) is 5.65 Å². The minimum absolute atomic E-state index is 0.0534. The van der Waals surface area contributed by atoms with Gasteiger partial charge in [0, 0.05) is 24.3 Å². The zero-order valence-electron chi connectivity index (χ0n) is 14.0. The molecule has 0 aromatic carbocycles. The second kappa shape index (κ2) is 6.16. The molecule has 3 rings (SSSR count). The molecule has 6 nitrogen and oxygen atoms in total. The Morgan fingerprint density at radius 3 is 2.75 bits per heavy atom. The van der Waals surface area contributed by atoms with Gasteiger partial charge in [0.1, 0.15) is 11.2 Å². The Morgan fingerprint density at radius 1 is 1.33 bits per heavy atom. The van der Waals surface area contributed by atoms with E-state index in [1.165, 1.54) is 15.5 Å². The van der Waals surface area contributed by atoms with Gasteiger partial charge in [-0.3, -0.25) is 14.0 Å². The van der Waals surface area contributed by atoms with E-state index in [2.05, 4.69) is 9.97 Å². The SMILES string of the molecule is Cc1nc([C@@H](C)N(C)C(=O)c2cnc3ccccn3c2=O)c(C)s1. The predicted octanol–water partition coefficient (Wildman–Crippen LogP) is 2.60. The molecule has 3 heterocycles. The fraction of sp³-hybridized carbons (Fsp3) is 0.294. The second-order valence-corrected chi connectivity index (χ2v) is 7.08. The summed E-state index contributed by atoms with van der Waals surface area (Å²) < 4.78 is 1.38. The van der Waals surface area contributed by atoms with E-state index in [9.17, 15) is 9.59 Å². The van der Waals surface area contributed by atoms with Crippen LogP contribution >= 0.6 is 11.3 Å². The van der Waals surface area contributed by atoms with Crippen molar-refractivity contribution >= 4 is 22.9 Å². The molecule has 3 aromatic heterocycles. The summed E-state index contributed by atoms with van der Waals surface area (Å²) in [5.74, 6) is -0.358. The van der Waals surface area contributed by atoms with E-state index >= 15 is 0 Å². The molecule has 0 radical (unpaired) electrons. The zero-order chi connectivity index (χ0) is 17.4. The summed E-state index contributed by atoms with van der Waals surface area (Å²) in [5, 5.41) is 0.961. The van der Waals surface area contributed by atoms with Crippen LogP contribution in [0, 0.1) is 13.8 Å². The van der Waals surface area contributed by atoms with E-state index in [0.717, 1.165) is 15.6 Å². The van der Waals surface area contributed by atoms with Gasteiger partial charge >= 0.3 is 0 Å². The molecular weight excluding hydrogens is 324 g/mol. The van der Waals surface area contributed by atoms with E-state index in [1.807, 2.05) is 20.8 Å². The van der Waals surface area contributed by atoms with Crippen molar-refractivity contribution in [3.8, 4) is 0 Å². The monoisotopic (exact) mass is 342 g/mol. The summed E-state index contributed by atoms with van der Waals surface area (Å²) in [6.07, 6.45) is 2.96. The Kier molecular flexibility index (Phi) is 4.19. The van der Waals surface area contributed by atoms with Gasteiger partial charge in [0.15, 0.2) is 0 Å². The van der Waals surface area contributed by atoms with Gasteiger partial charge in [-0.1, -0.05) is 6.07 Å². The smallest absolute Gasteiger partial charge is 0.270 e. The number of thiazole rings is 1. The molecule has 1 atom stereocenters.